The number of ether oxygens (including phenoxy) is 1. The largest absolute Gasteiger partial charge is 0.495 e. The number of amides is 1. The first-order chi connectivity index (χ1) is 13.2. The van der Waals surface area contributed by atoms with E-state index in [0.29, 0.717) is 16.5 Å². The van der Waals surface area contributed by atoms with E-state index in [0.717, 1.165) is 24.5 Å². The molecule has 0 unspecified atom stereocenters. The minimum atomic E-state index is -0.350. The molecule has 1 aliphatic heterocycles. The van der Waals surface area contributed by atoms with Crippen LogP contribution in [0.3, 0.4) is 0 Å². The van der Waals surface area contributed by atoms with E-state index in [1.807, 2.05) is 18.2 Å². The van der Waals surface area contributed by atoms with Crippen LogP contribution in [-0.4, -0.2) is 29.8 Å². The summed E-state index contributed by atoms with van der Waals surface area (Å²) in [7, 11) is 1.54. The van der Waals surface area contributed by atoms with E-state index in [2.05, 4.69) is 32.5 Å². The van der Waals surface area contributed by atoms with Crippen LogP contribution < -0.4 is 15.0 Å². The van der Waals surface area contributed by atoms with Gasteiger partial charge in [-0.25, -0.2) is 0 Å². The minimum Gasteiger partial charge on any atom is -0.495 e. The quantitative estimate of drug-likeness (QED) is 0.738. The molecule has 4 rings (SSSR count). The average Bonchev–Trinajstić information content (AvgIpc) is 3.12. The summed E-state index contributed by atoms with van der Waals surface area (Å²) in [5.74, 6) is 0.922. The number of aromatic nitrogens is 2. The van der Waals surface area contributed by atoms with Crippen molar-refractivity contribution in [3.63, 3.8) is 0 Å². The highest BCUT2D eigenvalue weighted by Crippen LogP contribution is 2.32. The summed E-state index contributed by atoms with van der Waals surface area (Å²) >= 11 is 6.08. The van der Waals surface area contributed by atoms with E-state index < -0.39 is 0 Å². The maximum absolute atomic E-state index is 12.4. The number of anilines is 3. The average molecular weight is 381 g/mol. The third kappa shape index (κ3) is 3.44. The summed E-state index contributed by atoms with van der Waals surface area (Å²) in [4.78, 5) is 14.5. The molecule has 0 aliphatic carbocycles. The van der Waals surface area contributed by atoms with Crippen molar-refractivity contribution in [3.05, 3.63) is 70.9 Å². The van der Waals surface area contributed by atoms with Crippen molar-refractivity contribution in [2.24, 2.45) is 0 Å². The number of nitrogens with one attached hydrogen (secondary N) is 1. The van der Waals surface area contributed by atoms with Gasteiger partial charge in [-0.1, -0.05) is 29.8 Å². The van der Waals surface area contributed by atoms with Crippen LogP contribution in [0.15, 0.2) is 54.6 Å². The van der Waals surface area contributed by atoms with Crippen molar-refractivity contribution in [3.8, 4) is 5.75 Å². The second-order valence-corrected chi connectivity index (χ2v) is 6.52. The lowest BCUT2D eigenvalue weighted by molar-refractivity contribution is 0.102. The first kappa shape index (κ1) is 17.3. The van der Waals surface area contributed by atoms with Crippen molar-refractivity contribution in [2.75, 3.05) is 23.9 Å². The third-order valence-corrected chi connectivity index (χ3v) is 4.75. The van der Waals surface area contributed by atoms with Crippen molar-refractivity contribution >= 4 is 34.7 Å². The van der Waals surface area contributed by atoms with Crippen LogP contribution in [-0.2, 0) is 6.42 Å². The Hall–Kier alpha value is -3.12. The number of hydrogen-bond acceptors (Lipinski definition) is 5. The second kappa shape index (κ2) is 7.25. The first-order valence-electron chi connectivity index (χ1n) is 8.50. The molecule has 3 aromatic rings. The van der Waals surface area contributed by atoms with Gasteiger partial charge in [0.15, 0.2) is 11.5 Å². The smallest absolute Gasteiger partial charge is 0.276 e. The highest BCUT2D eigenvalue weighted by molar-refractivity contribution is 6.32. The Balaban J connectivity index is 1.49. The molecule has 0 spiro atoms. The van der Waals surface area contributed by atoms with Crippen LogP contribution in [0.2, 0.25) is 5.02 Å². The fourth-order valence-corrected chi connectivity index (χ4v) is 3.36. The summed E-state index contributed by atoms with van der Waals surface area (Å²) in [5.41, 5.74) is 3.22. The van der Waals surface area contributed by atoms with Gasteiger partial charge in [-0.05, 0) is 48.4 Å². The zero-order valence-corrected chi connectivity index (χ0v) is 15.4. The number of rotatable bonds is 4. The van der Waals surface area contributed by atoms with E-state index in [-0.39, 0.29) is 11.6 Å². The van der Waals surface area contributed by atoms with E-state index in [4.69, 9.17) is 16.3 Å². The summed E-state index contributed by atoms with van der Waals surface area (Å²) < 4.78 is 5.10. The Morgan fingerprint density at radius 2 is 2.00 bits per heavy atom. The lowest BCUT2D eigenvalue weighted by atomic mass is 10.2. The number of carbonyl (C=O) groups excluding carboxylic acids is 1. The maximum Gasteiger partial charge on any atom is 0.276 e. The molecule has 2 heterocycles. The summed E-state index contributed by atoms with van der Waals surface area (Å²) in [6, 6.07) is 16.7. The standard InChI is InChI=1S/C20H17ClN4O2/c1-27-18-8-6-14(12-15(18)21)22-20(26)16-7-9-19(24-23-16)25-11-10-13-4-2-3-5-17(13)25/h2-9,12H,10-11H2,1H3,(H,22,26). The Labute approximate surface area is 161 Å². The molecule has 0 fully saturated rings. The predicted octanol–water partition coefficient (Wildman–Crippen LogP) is 4.09. The number of carbonyl (C=O) groups is 1. The summed E-state index contributed by atoms with van der Waals surface area (Å²) in [6.45, 7) is 0.851. The Bertz CT molecular complexity index is 992. The minimum absolute atomic E-state index is 0.234. The molecule has 1 N–H and O–H groups in total. The molecule has 1 aromatic heterocycles. The van der Waals surface area contributed by atoms with Gasteiger partial charge >= 0.3 is 0 Å². The molecule has 1 aliphatic rings. The number of halogens is 1. The number of benzene rings is 2. The molecule has 7 heteroatoms. The molecule has 0 bridgehead atoms. The fourth-order valence-electron chi connectivity index (χ4n) is 3.11. The van der Waals surface area contributed by atoms with Gasteiger partial charge in [0.05, 0.1) is 12.1 Å². The Kier molecular flexibility index (Phi) is 4.64. The molecule has 0 atom stereocenters. The van der Waals surface area contributed by atoms with Crippen LogP contribution in [0.1, 0.15) is 16.1 Å². The van der Waals surface area contributed by atoms with E-state index >= 15 is 0 Å². The fraction of sp³-hybridized carbons (Fsp3) is 0.150. The molecule has 2 aromatic carbocycles. The number of methoxy groups -OCH3 is 1. The maximum atomic E-state index is 12.4. The molecule has 27 heavy (non-hydrogen) atoms. The molecule has 6 nitrogen and oxygen atoms in total. The molecule has 0 radical (unpaired) electrons. The van der Waals surface area contributed by atoms with Gasteiger partial charge in [0.2, 0.25) is 0 Å². The lowest BCUT2D eigenvalue weighted by Crippen LogP contribution is -2.18. The summed E-state index contributed by atoms with van der Waals surface area (Å²) in [6.07, 6.45) is 0.971. The van der Waals surface area contributed by atoms with Crippen molar-refractivity contribution in [1.29, 1.82) is 0 Å². The van der Waals surface area contributed by atoms with Gasteiger partial charge in [-0.2, -0.15) is 0 Å². The third-order valence-electron chi connectivity index (χ3n) is 4.46. The molecular formula is C20H17ClN4O2. The van der Waals surface area contributed by atoms with Crippen molar-refractivity contribution in [1.82, 2.24) is 10.2 Å². The number of hydrogen-bond donors (Lipinski definition) is 1. The van der Waals surface area contributed by atoms with Gasteiger partial charge < -0.3 is 15.0 Å². The zero-order chi connectivity index (χ0) is 18.8. The van der Waals surface area contributed by atoms with Crippen molar-refractivity contribution < 1.29 is 9.53 Å². The molecule has 136 valence electrons. The highest BCUT2D eigenvalue weighted by Gasteiger charge is 2.21. The number of nitrogens with zero attached hydrogens (tertiary/aromatic N) is 3. The number of para-hydroxylation sites is 1. The van der Waals surface area contributed by atoms with Crippen LogP contribution in [0.25, 0.3) is 0 Å². The van der Waals surface area contributed by atoms with Gasteiger partial charge in [-0.3, -0.25) is 4.79 Å². The normalized spacial score (nSPS) is 12.6. The molecular weight excluding hydrogens is 364 g/mol. The zero-order valence-electron chi connectivity index (χ0n) is 14.6. The molecule has 0 saturated heterocycles. The van der Waals surface area contributed by atoms with Crippen LogP contribution in [0.4, 0.5) is 17.2 Å². The van der Waals surface area contributed by atoms with Crippen LogP contribution >= 0.6 is 11.6 Å². The number of fused-ring (bicyclic) bond motifs is 1. The van der Waals surface area contributed by atoms with Gasteiger partial charge in [0.1, 0.15) is 5.75 Å². The topological polar surface area (TPSA) is 67.3 Å². The Morgan fingerprint density at radius 1 is 1.15 bits per heavy atom. The van der Waals surface area contributed by atoms with Gasteiger partial charge in [0, 0.05) is 17.9 Å². The van der Waals surface area contributed by atoms with E-state index in [1.54, 1.807) is 24.3 Å². The lowest BCUT2D eigenvalue weighted by Gasteiger charge is -2.17. The monoisotopic (exact) mass is 380 g/mol. The summed E-state index contributed by atoms with van der Waals surface area (Å²) in [5, 5.41) is 11.5. The molecule has 1 amide bonds. The van der Waals surface area contributed by atoms with Crippen LogP contribution in [0, 0.1) is 0 Å². The van der Waals surface area contributed by atoms with Crippen molar-refractivity contribution in [2.45, 2.75) is 6.42 Å². The van der Waals surface area contributed by atoms with Gasteiger partial charge in [-0.15, -0.1) is 10.2 Å². The van der Waals surface area contributed by atoms with E-state index in [1.165, 1.54) is 12.7 Å². The SMILES string of the molecule is COc1ccc(NC(=O)c2ccc(N3CCc4ccccc43)nn2)cc1Cl. The van der Waals surface area contributed by atoms with Crippen LogP contribution in [0.5, 0.6) is 5.75 Å². The van der Waals surface area contributed by atoms with Gasteiger partial charge in [0.25, 0.3) is 5.91 Å². The predicted molar refractivity (Wildman–Crippen MR) is 105 cm³/mol. The first-order valence-corrected chi connectivity index (χ1v) is 8.87. The van der Waals surface area contributed by atoms with E-state index in [9.17, 15) is 4.79 Å². The highest BCUT2D eigenvalue weighted by atomic mass is 35.5. The second-order valence-electron chi connectivity index (χ2n) is 6.11. The Morgan fingerprint density at radius 3 is 2.74 bits per heavy atom. The molecule has 0 saturated carbocycles.